The van der Waals surface area contributed by atoms with E-state index in [0.29, 0.717) is 17.2 Å². The SMILES string of the molecule is COC(=O)c1cccc(NCC(C)CN2CCCC2)c1N. The molecule has 5 heteroatoms. The van der Waals surface area contributed by atoms with Gasteiger partial charge in [0, 0.05) is 13.1 Å². The number of para-hydroxylation sites is 1. The number of nitrogen functional groups attached to an aromatic ring is 1. The van der Waals surface area contributed by atoms with Crippen molar-refractivity contribution in [3.63, 3.8) is 0 Å². The van der Waals surface area contributed by atoms with Crippen LogP contribution < -0.4 is 11.1 Å². The summed E-state index contributed by atoms with van der Waals surface area (Å²) < 4.78 is 4.73. The fraction of sp³-hybridized carbons (Fsp3) is 0.562. The number of benzene rings is 1. The Kier molecular flexibility index (Phi) is 5.44. The van der Waals surface area contributed by atoms with Gasteiger partial charge in [0.15, 0.2) is 0 Å². The molecule has 1 fully saturated rings. The van der Waals surface area contributed by atoms with Gasteiger partial charge in [-0.1, -0.05) is 13.0 Å². The van der Waals surface area contributed by atoms with E-state index in [2.05, 4.69) is 17.1 Å². The van der Waals surface area contributed by atoms with Gasteiger partial charge in [-0.2, -0.15) is 0 Å². The molecular weight excluding hydrogens is 266 g/mol. The van der Waals surface area contributed by atoms with Crippen LogP contribution in [0.15, 0.2) is 18.2 Å². The summed E-state index contributed by atoms with van der Waals surface area (Å²) in [5.41, 5.74) is 7.70. The van der Waals surface area contributed by atoms with E-state index in [-0.39, 0.29) is 0 Å². The van der Waals surface area contributed by atoms with Crippen LogP contribution in [0.5, 0.6) is 0 Å². The third-order valence-electron chi connectivity index (χ3n) is 3.92. The van der Waals surface area contributed by atoms with E-state index < -0.39 is 5.97 Å². The molecule has 1 aliphatic heterocycles. The van der Waals surface area contributed by atoms with E-state index >= 15 is 0 Å². The summed E-state index contributed by atoms with van der Waals surface area (Å²) >= 11 is 0. The van der Waals surface area contributed by atoms with Crippen molar-refractivity contribution in [2.45, 2.75) is 19.8 Å². The van der Waals surface area contributed by atoms with Gasteiger partial charge < -0.3 is 20.7 Å². The molecule has 1 atom stereocenters. The lowest BCUT2D eigenvalue weighted by Crippen LogP contribution is -2.29. The van der Waals surface area contributed by atoms with Crippen LogP contribution in [0.2, 0.25) is 0 Å². The minimum Gasteiger partial charge on any atom is -0.465 e. The van der Waals surface area contributed by atoms with Gasteiger partial charge in [-0.25, -0.2) is 4.79 Å². The number of ether oxygens (including phenoxy) is 1. The Morgan fingerprint density at radius 3 is 2.81 bits per heavy atom. The molecule has 0 saturated carbocycles. The Hall–Kier alpha value is -1.75. The predicted molar refractivity (Wildman–Crippen MR) is 85.5 cm³/mol. The van der Waals surface area contributed by atoms with Crippen molar-refractivity contribution in [2.75, 3.05) is 44.3 Å². The first-order valence-corrected chi connectivity index (χ1v) is 7.55. The van der Waals surface area contributed by atoms with Crippen molar-refractivity contribution in [1.82, 2.24) is 4.90 Å². The number of esters is 1. The molecule has 0 radical (unpaired) electrons. The maximum Gasteiger partial charge on any atom is 0.340 e. The monoisotopic (exact) mass is 291 g/mol. The molecule has 1 aromatic carbocycles. The van der Waals surface area contributed by atoms with Crippen molar-refractivity contribution in [3.05, 3.63) is 23.8 Å². The number of hydrogen-bond acceptors (Lipinski definition) is 5. The van der Waals surface area contributed by atoms with Gasteiger partial charge in [-0.05, 0) is 44.0 Å². The molecule has 0 aromatic heterocycles. The van der Waals surface area contributed by atoms with Gasteiger partial charge in [0.1, 0.15) is 0 Å². The number of rotatable bonds is 6. The molecule has 1 unspecified atom stereocenters. The number of carbonyl (C=O) groups excluding carboxylic acids is 1. The second-order valence-electron chi connectivity index (χ2n) is 5.75. The highest BCUT2D eigenvalue weighted by Crippen LogP contribution is 2.23. The van der Waals surface area contributed by atoms with E-state index in [1.807, 2.05) is 12.1 Å². The van der Waals surface area contributed by atoms with Crippen LogP contribution >= 0.6 is 0 Å². The summed E-state index contributed by atoms with van der Waals surface area (Å²) in [6, 6.07) is 5.39. The highest BCUT2D eigenvalue weighted by atomic mass is 16.5. The van der Waals surface area contributed by atoms with Gasteiger partial charge in [0.25, 0.3) is 0 Å². The molecule has 0 amide bonds. The predicted octanol–water partition coefficient (Wildman–Crippen LogP) is 2.20. The average Bonchev–Trinajstić information content (AvgIpc) is 2.98. The first kappa shape index (κ1) is 15.6. The molecule has 1 saturated heterocycles. The Balaban J connectivity index is 1.91. The molecule has 2 rings (SSSR count). The quantitative estimate of drug-likeness (QED) is 0.621. The molecule has 0 bridgehead atoms. The summed E-state index contributed by atoms with van der Waals surface area (Å²) in [5.74, 6) is 0.130. The van der Waals surface area contributed by atoms with Crippen LogP contribution in [-0.4, -0.2) is 44.2 Å². The number of nitrogens with one attached hydrogen (secondary N) is 1. The first-order chi connectivity index (χ1) is 10.1. The number of likely N-dealkylation sites (tertiary alicyclic amines) is 1. The summed E-state index contributed by atoms with van der Waals surface area (Å²) in [5, 5.41) is 3.35. The summed E-state index contributed by atoms with van der Waals surface area (Å²) in [7, 11) is 1.36. The lowest BCUT2D eigenvalue weighted by atomic mass is 10.1. The lowest BCUT2D eigenvalue weighted by molar-refractivity contribution is 0.0602. The van der Waals surface area contributed by atoms with Crippen molar-refractivity contribution in [3.8, 4) is 0 Å². The van der Waals surface area contributed by atoms with Gasteiger partial charge >= 0.3 is 5.97 Å². The number of anilines is 2. The molecule has 1 aliphatic rings. The topological polar surface area (TPSA) is 67.6 Å². The number of nitrogens with zero attached hydrogens (tertiary/aromatic N) is 1. The van der Waals surface area contributed by atoms with Crippen LogP contribution in [0.1, 0.15) is 30.1 Å². The van der Waals surface area contributed by atoms with E-state index in [4.69, 9.17) is 10.5 Å². The summed E-state index contributed by atoms with van der Waals surface area (Å²) in [6.07, 6.45) is 2.63. The van der Waals surface area contributed by atoms with Crippen molar-refractivity contribution in [2.24, 2.45) is 5.92 Å². The number of nitrogens with two attached hydrogens (primary N) is 1. The molecule has 1 heterocycles. The van der Waals surface area contributed by atoms with Gasteiger partial charge in [-0.3, -0.25) is 0 Å². The van der Waals surface area contributed by atoms with E-state index in [1.54, 1.807) is 6.07 Å². The minimum absolute atomic E-state index is 0.402. The second kappa shape index (κ2) is 7.31. The van der Waals surface area contributed by atoms with Crippen molar-refractivity contribution in [1.29, 1.82) is 0 Å². The van der Waals surface area contributed by atoms with Gasteiger partial charge in [0.2, 0.25) is 0 Å². The first-order valence-electron chi connectivity index (χ1n) is 7.55. The zero-order valence-electron chi connectivity index (χ0n) is 12.9. The average molecular weight is 291 g/mol. The van der Waals surface area contributed by atoms with Crippen LogP contribution in [0.4, 0.5) is 11.4 Å². The van der Waals surface area contributed by atoms with Crippen LogP contribution in [-0.2, 0) is 4.74 Å². The standard InChI is InChI=1S/C16H25N3O2/c1-12(11-19-8-3-4-9-19)10-18-14-7-5-6-13(15(14)17)16(20)21-2/h5-7,12,18H,3-4,8-11,17H2,1-2H3. The number of carbonyl (C=O) groups is 1. The second-order valence-corrected chi connectivity index (χ2v) is 5.75. The normalized spacial score (nSPS) is 16.7. The van der Waals surface area contributed by atoms with Crippen LogP contribution in [0.3, 0.4) is 0 Å². The third-order valence-corrected chi connectivity index (χ3v) is 3.92. The van der Waals surface area contributed by atoms with Crippen molar-refractivity contribution >= 4 is 17.3 Å². The smallest absolute Gasteiger partial charge is 0.340 e. The van der Waals surface area contributed by atoms with Crippen LogP contribution in [0.25, 0.3) is 0 Å². The van der Waals surface area contributed by atoms with E-state index in [1.165, 1.54) is 33.0 Å². The fourth-order valence-corrected chi connectivity index (χ4v) is 2.76. The van der Waals surface area contributed by atoms with Crippen LogP contribution in [0, 0.1) is 5.92 Å². The molecule has 0 spiro atoms. The minimum atomic E-state index is -0.402. The Bertz CT molecular complexity index is 484. The summed E-state index contributed by atoms with van der Waals surface area (Å²) in [6.45, 7) is 6.59. The fourth-order valence-electron chi connectivity index (χ4n) is 2.76. The summed E-state index contributed by atoms with van der Waals surface area (Å²) in [4.78, 5) is 14.1. The Morgan fingerprint density at radius 2 is 2.14 bits per heavy atom. The molecule has 0 aliphatic carbocycles. The van der Waals surface area contributed by atoms with E-state index in [0.717, 1.165) is 18.8 Å². The van der Waals surface area contributed by atoms with Crippen molar-refractivity contribution < 1.29 is 9.53 Å². The largest absolute Gasteiger partial charge is 0.465 e. The lowest BCUT2D eigenvalue weighted by Gasteiger charge is -2.21. The molecular formula is C16H25N3O2. The molecule has 21 heavy (non-hydrogen) atoms. The Labute approximate surface area is 126 Å². The van der Waals surface area contributed by atoms with E-state index in [9.17, 15) is 4.79 Å². The maximum atomic E-state index is 11.6. The number of hydrogen-bond donors (Lipinski definition) is 2. The molecule has 116 valence electrons. The Morgan fingerprint density at radius 1 is 1.43 bits per heavy atom. The zero-order chi connectivity index (χ0) is 15.2. The van der Waals surface area contributed by atoms with Gasteiger partial charge in [0.05, 0.1) is 24.0 Å². The highest BCUT2D eigenvalue weighted by Gasteiger charge is 2.16. The molecule has 1 aromatic rings. The molecule has 5 nitrogen and oxygen atoms in total. The van der Waals surface area contributed by atoms with Gasteiger partial charge in [-0.15, -0.1) is 0 Å². The number of methoxy groups -OCH3 is 1. The highest BCUT2D eigenvalue weighted by molar-refractivity contribution is 5.98. The third kappa shape index (κ3) is 4.11. The molecule has 3 N–H and O–H groups in total. The maximum absolute atomic E-state index is 11.6. The zero-order valence-corrected chi connectivity index (χ0v) is 12.9.